The number of anilines is 1. The lowest BCUT2D eigenvalue weighted by atomic mass is 10.0. The third-order valence-electron chi connectivity index (χ3n) is 5.52. The van der Waals surface area contributed by atoms with Crippen LogP contribution in [0.5, 0.6) is 0 Å². The summed E-state index contributed by atoms with van der Waals surface area (Å²) in [6.07, 6.45) is 2.82. The van der Waals surface area contributed by atoms with Gasteiger partial charge in [0.1, 0.15) is 27.1 Å². The number of nitrogen functional groups attached to an aromatic ring is 1. The fourth-order valence-corrected chi connectivity index (χ4v) is 7.18. The quantitative estimate of drug-likeness (QED) is 0.170. The lowest BCUT2D eigenvalue weighted by Crippen LogP contribution is -2.71. The van der Waals surface area contributed by atoms with E-state index in [1.807, 2.05) is 5.41 Å². The van der Waals surface area contributed by atoms with Crippen LogP contribution in [0.1, 0.15) is 12.1 Å². The summed E-state index contributed by atoms with van der Waals surface area (Å²) < 4.78 is 0.0590. The maximum Gasteiger partial charge on any atom is 0.352 e. The molecule has 2 amide bonds. The third kappa shape index (κ3) is 4.77. The van der Waals surface area contributed by atoms with E-state index in [0.29, 0.717) is 16.6 Å². The number of hydrogen-bond acceptors (Lipinski definition) is 11. The van der Waals surface area contributed by atoms with Crippen LogP contribution >= 0.6 is 46.5 Å². The molecule has 1 aromatic rings. The van der Waals surface area contributed by atoms with E-state index in [0.717, 1.165) is 30.8 Å². The molecule has 0 aromatic carbocycles. The Morgan fingerprint density at radius 2 is 2.21 bits per heavy atom. The number of likely N-dealkylation sites (tertiary alicyclic amines) is 1. The van der Waals surface area contributed by atoms with E-state index in [4.69, 9.17) is 17.3 Å². The Morgan fingerprint density at radius 1 is 1.44 bits per heavy atom. The predicted molar refractivity (Wildman–Crippen MR) is 132 cm³/mol. The van der Waals surface area contributed by atoms with Gasteiger partial charge in [-0.05, 0) is 37.1 Å². The van der Waals surface area contributed by atoms with Gasteiger partial charge in [0.15, 0.2) is 10.8 Å². The number of nitrogens with zero attached hydrogens (tertiary/aromatic N) is 4. The van der Waals surface area contributed by atoms with Crippen LogP contribution in [-0.4, -0.2) is 91.1 Å². The largest absolute Gasteiger partial charge is 0.477 e. The molecule has 0 bridgehead atoms. The van der Waals surface area contributed by atoms with E-state index in [1.165, 1.54) is 16.7 Å². The molecule has 182 valence electrons. The molecule has 11 nitrogen and oxygen atoms in total. The van der Waals surface area contributed by atoms with Gasteiger partial charge < -0.3 is 26.3 Å². The molecule has 0 saturated carbocycles. The van der Waals surface area contributed by atoms with E-state index in [-0.39, 0.29) is 20.9 Å². The van der Waals surface area contributed by atoms with E-state index in [9.17, 15) is 24.7 Å². The number of amides is 2. The number of aromatic nitrogens is 1. The first-order chi connectivity index (χ1) is 16.2. The van der Waals surface area contributed by atoms with Gasteiger partial charge in [-0.25, -0.2) is 9.78 Å². The molecule has 3 aliphatic heterocycles. The number of aliphatic carboxylic acids is 1. The maximum atomic E-state index is 12.8. The minimum absolute atomic E-state index is 0.0590. The van der Waals surface area contributed by atoms with Gasteiger partial charge in [0.25, 0.3) is 11.8 Å². The molecule has 0 aliphatic carbocycles. The monoisotopic (exact) mass is 544 g/mol. The Bertz CT molecular complexity index is 1120. The standard InChI is InChI=1S/C19H21ClN6O5S3/c1-25-4-2-9(6-25)32-5-3-8-7-33-17-12(16(28)26(17)13(8)18(29)30)22-15(27)11(24-31)10-14(20)34-19(21)23-10/h3,5,9,12,17,31H,2,4,6-7H2,1H3,(H2,21,23)(H,22,27)(H,29,30)/b5-3?,24-11-/t9-,12+,17+/m0/s1. The number of carboxylic acid groups (broad SMARTS) is 1. The normalized spacial score (nSPS) is 25.6. The van der Waals surface area contributed by atoms with E-state index < -0.39 is 34.9 Å². The summed E-state index contributed by atoms with van der Waals surface area (Å²) in [5.41, 5.74) is 5.43. The first kappa shape index (κ1) is 24.9. The van der Waals surface area contributed by atoms with Crippen LogP contribution in [0.2, 0.25) is 4.34 Å². The predicted octanol–water partition coefficient (Wildman–Crippen LogP) is 1.25. The molecule has 0 spiro atoms. The minimum atomic E-state index is -1.21. The van der Waals surface area contributed by atoms with Gasteiger partial charge in [0.05, 0.1) is 0 Å². The number of fused-ring (bicyclic) bond motifs is 1. The summed E-state index contributed by atoms with van der Waals surface area (Å²) in [5, 5.41) is 26.4. The molecule has 2 saturated heterocycles. The van der Waals surface area contributed by atoms with Gasteiger partial charge in [-0.2, -0.15) is 0 Å². The number of carboxylic acids is 1. The molecule has 0 radical (unpaired) electrons. The second-order valence-corrected chi connectivity index (χ2v) is 11.7. The van der Waals surface area contributed by atoms with Gasteiger partial charge in [0.2, 0.25) is 0 Å². The number of nitrogens with one attached hydrogen (secondary N) is 1. The molecular weight excluding hydrogens is 524 g/mol. The van der Waals surface area contributed by atoms with Crippen molar-refractivity contribution >= 4 is 75.1 Å². The SMILES string of the molecule is CN1CC[C@H](SC=CC2=C(C(=O)O)N3C(=O)[C@@H](NC(=O)/C(=N\O)c4nc(N)sc4Cl)[C@H]3SC2)C1. The van der Waals surface area contributed by atoms with E-state index >= 15 is 0 Å². The zero-order valence-corrected chi connectivity index (χ0v) is 21.0. The molecule has 5 N–H and O–H groups in total. The summed E-state index contributed by atoms with van der Waals surface area (Å²) in [6, 6.07) is -0.993. The zero-order chi connectivity index (χ0) is 24.6. The molecule has 1 aromatic heterocycles. The number of β-lactam (4-membered cyclic amide) rings is 1. The number of carbonyl (C=O) groups excluding carboxylic acids is 2. The number of halogens is 1. The van der Waals surface area contributed by atoms with Crippen molar-refractivity contribution in [2.75, 3.05) is 31.6 Å². The zero-order valence-electron chi connectivity index (χ0n) is 17.8. The Labute approximate surface area is 212 Å². The summed E-state index contributed by atoms with van der Waals surface area (Å²) in [4.78, 5) is 44.8. The smallest absolute Gasteiger partial charge is 0.352 e. The first-order valence-electron chi connectivity index (χ1n) is 10.1. The van der Waals surface area contributed by atoms with Gasteiger partial charge in [-0.15, -0.1) is 23.5 Å². The number of thiazole rings is 1. The molecule has 2 fully saturated rings. The summed E-state index contributed by atoms with van der Waals surface area (Å²) >= 11 is 9.89. The van der Waals surface area contributed by atoms with Gasteiger partial charge in [-0.1, -0.05) is 28.1 Å². The van der Waals surface area contributed by atoms with Crippen LogP contribution in [-0.2, 0) is 14.4 Å². The van der Waals surface area contributed by atoms with Crippen LogP contribution in [0.15, 0.2) is 27.9 Å². The summed E-state index contributed by atoms with van der Waals surface area (Å²) in [7, 11) is 2.06. The Morgan fingerprint density at radius 3 is 2.79 bits per heavy atom. The number of oxime groups is 1. The summed E-state index contributed by atoms with van der Waals surface area (Å²) in [6.45, 7) is 2.01. The molecule has 34 heavy (non-hydrogen) atoms. The van der Waals surface area contributed by atoms with Crippen LogP contribution in [0, 0.1) is 0 Å². The number of allylic oxidation sites excluding steroid dienone is 1. The van der Waals surface area contributed by atoms with E-state index in [2.05, 4.69) is 27.4 Å². The second-order valence-electron chi connectivity index (χ2n) is 7.77. The molecule has 0 unspecified atom stereocenters. The third-order valence-corrected chi connectivity index (χ3v) is 8.97. The Kier molecular flexibility index (Phi) is 7.42. The van der Waals surface area contributed by atoms with Crippen molar-refractivity contribution in [3.05, 3.63) is 32.8 Å². The average molecular weight is 545 g/mol. The minimum Gasteiger partial charge on any atom is -0.477 e. The van der Waals surface area contributed by atoms with Crippen molar-refractivity contribution in [2.24, 2.45) is 5.16 Å². The topological polar surface area (TPSA) is 161 Å². The van der Waals surface area contributed by atoms with Crippen molar-refractivity contribution in [1.29, 1.82) is 0 Å². The highest BCUT2D eigenvalue weighted by Crippen LogP contribution is 2.41. The number of nitrogens with two attached hydrogens (primary N) is 1. The lowest BCUT2D eigenvalue weighted by molar-refractivity contribution is -0.150. The van der Waals surface area contributed by atoms with Crippen LogP contribution in [0.25, 0.3) is 0 Å². The highest BCUT2D eigenvalue weighted by Gasteiger charge is 2.54. The van der Waals surface area contributed by atoms with Crippen LogP contribution in [0.4, 0.5) is 5.13 Å². The number of thioether (sulfide) groups is 2. The van der Waals surface area contributed by atoms with Crippen molar-refractivity contribution in [1.82, 2.24) is 20.1 Å². The summed E-state index contributed by atoms with van der Waals surface area (Å²) in [5.74, 6) is -2.30. The van der Waals surface area contributed by atoms with Crippen molar-refractivity contribution in [3.63, 3.8) is 0 Å². The molecule has 3 aliphatic rings. The molecule has 4 heterocycles. The fourth-order valence-electron chi connectivity index (χ4n) is 3.88. The average Bonchev–Trinajstić information content (AvgIpc) is 3.35. The van der Waals surface area contributed by atoms with Crippen molar-refractivity contribution in [3.8, 4) is 0 Å². The second kappa shape index (κ2) is 10.2. The van der Waals surface area contributed by atoms with Crippen LogP contribution < -0.4 is 11.1 Å². The van der Waals surface area contributed by atoms with Gasteiger partial charge in [-0.3, -0.25) is 14.5 Å². The maximum absolute atomic E-state index is 12.8. The number of rotatable bonds is 7. The van der Waals surface area contributed by atoms with Gasteiger partial charge >= 0.3 is 5.97 Å². The number of hydrogen-bond donors (Lipinski definition) is 4. The van der Waals surface area contributed by atoms with Crippen LogP contribution in [0.3, 0.4) is 0 Å². The van der Waals surface area contributed by atoms with E-state index in [1.54, 1.807) is 17.8 Å². The lowest BCUT2D eigenvalue weighted by Gasteiger charge is -2.49. The fraction of sp³-hybridized carbons (Fsp3) is 0.421. The molecule has 4 rings (SSSR count). The molecule has 3 atom stereocenters. The highest BCUT2D eigenvalue weighted by molar-refractivity contribution is 8.02. The molecular formula is C19H21ClN6O5S3. The molecule has 15 heteroatoms. The van der Waals surface area contributed by atoms with Gasteiger partial charge in [0, 0.05) is 17.5 Å². The Hall–Kier alpha value is -2.26. The number of carbonyl (C=O) groups is 3. The first-order valence-corrected chi connectivity index (χ1v) is 13.3. The Balaban J connectivity index is 1.46. The highest BCUT2D eigenvalue weighted by atomic mass is 35.5. The van der Waals surface area contributed by atoms with Crippen molar-refractivity contribution < 1.29 is 24.7 Å². The van der Waals surface area contributed by atoms with Crippen molar-refractivity contribution in [2.45, 2.75) is 23.1 Å².